The number of methoxy groups -OCH3 is 1. The lowest BCUT2D eigenvalue weighted by molar-refractivity contribution is 0.0952. The highest BCUT2D eigenvalue weighted by atomic mass is 16.5. The summed E-state index contributed by atoms with van der Waals surface area (Å²) in [7, 11) is 1.63. The molecule has 0 aliphatic heterocycles. The lowest BCUT2D eigenvalue weighted by Gasteiger charge is -2.14. The minimum Gasteiger partial charge on any atom is -0.496 e. The molecule has 0 fully saturated rings. The van der Waals surface area contributed by atoms with Crippen LogP contribution in [-0.2, 0) is 13.0 Å². The Bertz CT molecular complexity index is 1220. The average Bonchev–Trinajstić information content (AvgIpc) is 2.82. The first-order valence-corrected chi connectivity index (χ1v) is 10.3. The largest absolute Gasteiger partial charge is 0.496 e. The number of pyridine rings is 1. The van der Waals surface area contributed by atoms with E-state index in [1.807, 2.05) is 72.8 Å². The Balaban J connectivity index is 1.65. The molecule has 0 saturated heterocycles. The first-order valence-electron chi connectivity index (χ1n) is 10.3. The lowest BCUT2D eigenvalue weighted by atomic mass is 10.1. The van der Waals surface area contributed by atoms with Crippen LogP contribution >= 0.6 is 0 Å². The van der Waals surface area contributed by atoms with Crippen molar-refractivity contribution in [2.24, 2.45) is 0 Å². The number of para-hydroxylation sites is 3. The zero-order chi connectivity index (χ0) is 21.6. The second-order valence-electron chi connectivity index (χ2n) is 7.20. The molecule has 1 amide bonds. The molecule has 2 N–H and O–H groups in total. The smallest absolute Gasteiger partial charge is 0.252 e. The van der Waals surface area contributed by atoms with Crippen molar-refractivity contribution in [3.05, 3.63) is 95.6 Å². The van der Waals surface area contributed by atoms with Crippen molar-refractivity contribution >= 4 is 28.3 Å². The molecule has 0 atom stereocenters. The highest BCUT2D eigenvalue weighted by Gasteiger charge is 2.14. The Morgan fingerprint density at radius 2 is 1.65 bits per heavy atom. The molecule has 0 saturated carbocycles. The maximum Gasteiger partial charge on any atom is 0.252 e. The van der Waals surface area contributed by atoms with E-state index >= 15 is 0 Å². The van der Waals surface area contributed by atoms with E-state index in [0.717, 1.165) is 34.3 Å². The molecule has 4 aromatic rings. The van der Waals surface area contributed by atoms with Crippen LogP contribution in [0.1, 0.15) is 28.4 Å². The van der Waals surface area contributed by atoms with Gasteiger partial charge in [-0.25, -0.2) is 4.98 Å². The summed E-state index contributed by atoms with van der Waals surface area (Å²) in [4.78, 5) is 17.9. The van der Waals surface area contributed by atoms with E-state index in [1.165, 1.54) is 5.56 Å². The van der Waals surface area contributed by atoms with Gasteiger partial charge in [-0.15, -0.1) is 0 Å². The van der Waals surface area contributed by atoms with Gasteiger partial charge >= 0.3 is 0 Å². The highest BCUT2D eigenvalue weighted by Crippen LogP contribution is 2.25. The van der Waals surface area contributed by atoms with Gasteiger partial charge in [-0.1, -0.05) is 61.5 Å². The fourth-order valence-corrected chi connectivity index (χ4v) is 3.64. The van der Waals surface area contributed by atoms with E-state index in [2.05, 4.69) is 23.6 Å². The molecule has 1 heterocycles. The summed E-state index contributed by atoms with van der Waals surface area (Å²) >= 11 is 0. The summed E-state index contributed by atoms with van der Waals surface area (Å²) in [5.74, 6) is 1.24. The number of ether oxygens (including phenoxy) is 1. The van der Waals surface area contributed by atoms with Crippen molar-refractivity contribution in [3.63, 3.8) is 0 Å². The standard InChI is InChI=1S/C26H25N3O2/c1-3-18-10-4-7-13-22(18)28-25-16-21(20-12-6-8-14-23(20)29-25)26(30)27-17-19-11-5-9-15-24(19)31-2/h4-16H,3,17H2,1-2H3,(H,27,30)(H,28,29). The van der Waals surface area contributed by atoms with Gasteiger partial charge in [0.1, 0.15) is 11.6 Å². The molecule has 4 rings (SSSR count). The predicted molar refractivity (Wildman–Crippen MR) is 125 cm³/mol. The van der Waals surface area contributed by atoms with Gasteiger partial charge in [0, 0.05) is 23.2 Å². The van der Waals surface area contributed by atoms with E-state index in [-0.39, 0.29) is 5.91 Å². The zero-order valence-electron chi connectivity index (χ0n) is 17.7. The van der Waals surface area contributed by atoms with Crippen LogP contribution in [0.4, 0.5) is 11.5 Å². The van der Waals surface area contributed by atoms with Crippen LogP contribution in [0.15, 0.2) is 78.9 Å². The summed E-state index contributed by atoms with van der Waals surface area (Å²) < 4.78 is 5.39. The van der Waals surface area contributed by atoms with Crippen LogP contribution in [0.5, 0.6) is 5.75 Å². The number of carbonyl (C=O) groups is 1. The van der Waals surface area contributed by atoms with Crippen molar-refractivity contribution in [1.82, 2.24) is 10.3 Å². The van der Waals surface area contributed by atoms with Crippen LogP contribution in [0, 0.1) is 0 Å². The number of amides is 1. The quantitative estimate of drug-likeness (QED) is 0.423. The number of fused-ring (bicyclic) bond motifs is 1. The number of hydrogen-bond donors (Lipinski definition) is 2. The van der Waals surface area contributed by atoms with Gasteiger partial charge in [0.15, 0.2) is 0 Å². The van der Waals surface area contributed by atoms with Crippen LogP contribution < -0.4 is 15.4 Å². The van der Waals surface area contributed by atoms with Crippen molar-refractivity contribution in [1.29, 1.82) is 0 Å². The molecule has 5 heteroatoms. The van der Waals surface area contributed by atoms with E-state index in [0.29, 0.717) is 17.9 Å². The summed E-state index contributed by atoms with van der Waals surface area (Å²) in [5, 5.41) is 7.23. The fraction of sp³-hybridized carbons (Fsp3) is 0.154. The Labute approximate surface area is 182 Å². The monoisotopic (exact) mass is 411 g/mol. The number of anilines is 2. The third kappa shape index (κ3) is 4.51. The third-order valence-electron chi connectivity index (χ3n) is 5.25. The fourth-order valence-electron chi connectivity index (χ4n) is 3.64. The minimum atomic E-state index is -0.156. The maximum absolute atomic E-state index is 13.2. The number of carbonyl (C=O) groups excluding carboxylic acids is 1. The Morgan fingerprint density at radius 3 is 2.45 bits per heavy atom. The molecule has 31 heavy (non-hydrogen) atoms. The van der Waals surface area contributed by atoms with E-state index in [9.17, 15) is 4.79 Å². The molecule has 3 aromatic carbocycles. The second kappa shape index (κ2) is 9.30. The zero-order valence-corrected chi connectivity index (χ0v) is 17.7. The van der Waals surface area contributed by atoms with E-state index in [1.54, 1.807) is 7.11 Å². The summed E-state index contributed by atoms with van der Waals surface area (Å²) in [6.07, 6.45) is 0.906. The lowest BCUT2D eigenvalue weighted by Crippen LogP contribution is -2.23. The van der Waals surface area contributed by atoms with E-state index in [4.69, 9.17) is 9.72 Å². The Kier molecular flexibility index (Phi) is 6.13. The molecule has 0 spiro atoms. The van der Waals surface area contributed by atoms with E-state index < -0.39 is 0 Å². The first kappa shape index (κ1) is 20.4. The van der Waals surface area contributed by atoms with Gasteiger partial charge in [0.25, 0.3) is 5.91 Å². The SMILES string of the molecule is CCc1ccccc1Nc1cc(C(=O)NCc2ccccc2OC)c2ccccc2n1. The van der Waals surface area contributed by atoms with Gasteiger partial charge < -0.3 is 15.4 Å². The number of nitrogens with one attached hydrogen (secondary N) is 2. The van der Waals surface area contributed by atoms with Gasteiger partial charge in [-0.3, -0.25) is 4.79 Å². The summed E-state index contributed by atoms with van der Waals surface area (Å²) in [6, 6.07) is 25.3. The van der Waals surface area contributed by atoms with Crippen molar-refractivity contribution < 1.29 is 9.53 Å². The first-order chi connectivity index (χ1) is 15.2. The summed E-state index contributed by atoms with van der Waals surface area (Å²) in [5.41, 5.74) is 4.46. The topological polar surface area (TPSA) is 63.2 Å². The van der Waals surface area contributed by atoms with Crippen molar-refractivity contribution in [2.45, 2.75) is 19.9 Å². The van der Waals surface area contributed by atoms with Crippen LogP contribution in [0.2, 0.25) is 0 Å². The van der Waals surface area contributed by atoms with Crippen molar-refractivity contribution in [3.8, 4) is 5.75 Å². The highest BCUT2D eigenvalue weighted by molar-refractivity contribution is 6.07. The molecule has 0 bridgehead atoms. The third-order valence-corrected chi connectivity index (χ3v) is 5.25. The number of aryl methyl sites for hydroxylation is 1. The molecule has 0 aliphatic rings. The molecule has 0 radical (unpaired) electrons. The van der Waals surface area contributed by atoms with Gasteiger partial charge in [-0.05, 0) is 36.2 Å². The number of benzene rings is 3. The average molecular weight is 412 g/mol. The molecular formula is C26H25N3O2. The van der Waals surface area contributed by atoms with Crippen LogP contribution in [0.25, 0.3) is 10.9 Å². The number of aromatic nitrogens is 1. The molecule has 1 aromatic heterocycles. The molecular weight excluding hydrogens is 386 g/mol. The molecule has 0 aliphatic carbocycles. The molecule has 156 valence electrons. The number of nitrogens with zero attached hydrogens (tertiary/aromatic N) is 1. The maximum atomic E-state index is 13.2. The molecule has 0 unspecified atom stereocenters. The number of rotatable bonds is 7. The Morgan fingerprint density at radius 1 is 0.935 bits per heavy atom. The minimum absolute atomic E-state index is 0.156. The normalized spacial score (nSPS) is 10.6. The predicted octanol–water partition coefficient (Wildman–Crippen LogP) is 5.48. The van der Waals surface area contributed by atoms with Gasteiger partial charge in [0.2, 0.25) is 0 Å². The second-order valence-corrected chi connectivity index (χ2v) is 7.20. The Hall–Kier alpha value is -3.86. The molecule has 5 nitrogen and oxygen atoms in total. The van der Waals surface area contributed by atoms with Crippen molar-refractivity contribution in [2.75, 3.05) is 12.4 Å². The summed E-state index contributed by atoms with van der Waals surface area (Å²) in [6.45, 7) is 2.49. The van der Waals surface area contributed by atoms with Crippen LogP contribution in [0.3, 0.4) is 0 Å². The number of hydrogen-bond acceptors (Lipinski definition) is 4. The van der Waals surface area contributed by atoms with Crippen LogP contribution in [-0.4, -0.2) is 18.0 Å². The van der Waals surface area contributed by atoms with Gasteiger partial charge in [0.05, 0.1) is 18.2 Å². The van der Waals surface area contributed by atoms with Gasteiger partial charge in [-0.2, -0.15) is 0 Å².